The monoisotopic (exact) mass is 233 g/mol. The van der Waals surface area contributed by atoms with Crippen LogP contribution in [0.2, 0.25) is 0 Å². The summed E-state index contributed by atoms with van der Waals surface area (Å²) in [5.41, 5.74) is 1.42. The van der Waals surface area contributed by atoms with E-state index in [9.17, 15) is 4.79 Å². The number of rotatable bonds is 4. The first-order valence-corrected chi connectivity index (χ1v) is 5.51. The molecule has 0 bridgehead atoms. The fourth-order valence-electron chi connectivity index (χ4n) is 1.62. The third-order valence-corrected chi connectivity index (χ3v) is 2.41. The Morgan fingerprint density at radius 3 is 3.06 bits per heavy atom. The number of carbonyl (C=O) groups excluding carboxylic acids is 1. The maximum Gasteiger partial charge on any atom is 0.269 e. The molecule has 2 aromatic heterocycles. The van der Waals surface area contributed by atoms with Crippen molar-refractivity contribution in [3.8, 4) is 0 Å². The predicted octanol–water partition coefficient (Wildman–Crippen LogP) is 0.865. The van der Waals surface area contributed by atoms with E-state index in [1.54, 1.807) is 23.1 Å². The number of nitrogens with one attached hydrogen (secondary N) is 2. The lowest BCUT2D eigenvalue weighted by Gasteiger charge is -2.04. The van der Waals surface area contributed by atoms with Crippen LogP contribution in [0.1, 0.15) is 28.9 Å². The molecular weight excluding hydrogens is 218 g/mol. The largest absolute Gasteiger partial charge is 0.347 e. The Morgan fingerprint density at radius 2 is 2.41 bits per heavy atom. The smallest absolute Gasteiger partial charge is 0.269 e. The zero-order valence-electron chi connectivity index (χ0n) is 9.90. The Hall–Kier alpha value is -2.11. The third-order valence-electron chi connectivity index (χ3n) is 2.41. The maximum absolute atomic E-state index is 11.9. The van der Waals surface area contributed by atoms with E-state index in [-0.39, 0.29) is 5.91 Å². The van der Waals surface area contributed by atoms with Crippen molar-refractivity contribution in [3.63, 3.8) is 0 Å². The molecule has 6 nitrogen and oxygen atoms in total. The Balaban J connectivity index is 2.04. The molecule has 1 amide bonds. The molecule has 0 fully saturated rings. The van der Waals surface area contributed by atoms with Gasteiger partial charge in [0.1, 0.15) is 11.5 Å². The predicted molar refractivity (Wildman–Crippen MR) is 62.4 cm³/mol. The molecular formula is C11H15N5O. The van der Waals surface area contributed by atoms with E-state index in [4.69, 9.17) is 0 Å². The highest BCUT2D eigenvalue weighted by Gasteiger charge is 2.12. The lowest BCUT2D eigenvalue weighted by Crippen LogP contribution is -2.26. The standard InChI is InChI=1S/C11H15N5O/c1-3-16-9(6-8(2)15-16)11(17)14-7-10-12-4-5-13-10/h4-6H,3,7H2,1-2H3,(H,12,13)(H,14,17). The van der Waals surface area contributed by atoms with E-state index in [2.05, 4.69) is 20.4 Å². The van der Waals surface area contributed by atoms with E-state index >= 15 is 0 Å². The van der Waals surface area contributed by atoms with Gasteiger partial charge in [-0.15, -0.1) is 0 Å². The van der Waals surface area contributed by atoms with Crippen LogP contribution in [0.15, 0.2) is 18.5 Å². The Morgan fingerprint density at radius 1 is 1.59 bits per heavy atom. The van der Waals surface area contributed by atoms with Gasteiger partial charge in [-0.2, -0.15) is 5.10 Å². The number of aryl methyl sites for hydroxylation is 2. The minimum atomic E-state index is -0.135. The van der Waals surface area contributed by atoms with Gasteiger partial charge in [0.25, 0.3) is 5.91 Å². The number of amides is 1. The summed E-state index contributed by atoms with van der Waals surface area (Å²) in [6.07, 6.45) is 3.38. The van der Waals surface area contributed by atoms with Crippen molar-refractivity contribution >= 4 is 5.91 Å². The van der Waals surface area contributed by atoms with Crippen molar-refractivity contribution in [1.29, 1.82) is 0 Å². The second kappa shape index (κ2) is 4.82. The van der Waals surface area contributed by atoms with Crippen molar-refractivity contribution in [1.82, 2.24) is 25.1 Å². The van der Waals surface area contributed by atoms with E-state index in [0.29, 0.717) is 18.8 Å². The fraction of sp³-hybridized carbons (Fsp3) is 0.364. The molecule has 0 saturated heterocycles. The van der Waals surface area contributed by atoms with Gasteiger partial charge in [-0.25, -0.2) is 4.98 Å². The molecule has 2 aromatic rings. The van der Waals surface area contributed by atoms with Gasteiger partial charge in [0.05, 0.1) is 12.2 Å². The van der Waals surface area contributed by atoms with Crippen LogP contribution in [-0.4, -0.2) is 25.7 Å². The number of hydrogen-bond acceptors (Lipinski definition) is 3. The summed E-state index contributed by atoms with van der Waals surface area (Å²) in [6.45, 7) is 4.89. The molecule has 0 aromatic carbocycles. The van der Waals surface area contributed by atoms with Gasteiger partial charge in [0.15, 0.2) is 0 Å². The van der Waals surface area contributed by atoms with E-state index in [0.717, 1.165) is 11.5 Å². The minimum absolute atomic E-state index is 0.135. The summed E-state index contributed by atoms with van der Waals surface area (Å²) in [4.78, 5) is 18.9. The number of aromatic nitrogens is 4. The molecule has 0 atom stereocenters. The van der Waals surface area contributed by atoms with Gasteiger partial charge in [-0.05, 0) is 19.9 Å². The van der Waals surface area contributed by atoms with E-state index in [1.165, 1.54) is 0 Å². The lowest BCUT2D eigenvalue weighted by molar-refractivity contribution is 0.0939. The molecule has 17 heavy (non-hydrogen) atoms. The summed E-state index contributed by atoms with van der Waals surface area (Å²) >= 11 is 0. The van der Waals surface area contributed by atoms with Gasteiger partial charge in [-0.3, -0.25) is 9.48 Å². The van der Waals surface area contributed by atoms with Gasteiger partial charge in [-0.1, -0.05) is 0 Å². The number of H-pyrrole nitrogens is 1. The van der Waals surface area contributed by atoms with Crippen molar-refractivity contribution < 1.29 is 4.79 Å². The van der Waals surface area contributed by atoms with Gasteiger partial charge >= 0.3 is 0 Å². The van der Waals surface area contributed by atoms with Crippen molar-refractivity contribution in [3.05, 3.63) is 35.7 Å². The first kappa shape index (κ1) is 11.4. The van der Waals surface area contributed by atoms with Crippen molar-refractivity contribution in [2.24, 2.45) is 0 Å². The van der Waals surface area contributed by atoms with Crippen molar-refractivity contribution in [2.45, 2.75) is 26.9 Å². The summed E-state index contributed by atoms with van der Waals surface area (Å²) in [7, 11) is 0. The lowest BCUT2D eigenvalue weighted by atomic mass is 10.3. The third kappa shape index (κ3) is 2.52. The summed E-state index contributed by atoms with van der Waals surface area (Å²) in [5, 5.41) is 7.02. The van der Waals surface area contributed by atoms with E-state index < -0.39 is 0 Å². The van der Waals surface area contributed by atoms with Crippen LogP contribution in [-0.2, 0) is 13.1 Å². The molecule has 0 aliphatic carbocycles. The average molecular weight is 233 g/mol. The molecule has 0 spiro atoms. The van der Waals surface area contributed by atoms with Gasteiger partial charge in [0.2, 0.25) is 0 Å². The van der Waals surface area contributed by atoms with Crippen LogP contribution in [0, 0.1) is 6.92 Å². The second-order valence-electron chi connectivity index (χ2n) is 3.71. The fourth-order valence-corrected chi connectivity index (χ4v) is 1.62. The molecule has 2 N–H and O–H groups in total. The molecule has 2 rings (SSSR count). The number of imidazole rings is 1. The zero-order valence-corrected chi connectivity index (χ0v) is 9.90. The highest BCUT2D eigenvalue weighted by molar-refractivity contribution is 5.92. The average Bonchev–Trinajstić information content (AvgIpc) is 2.94. The SMILES string of the molecule is CCn1nc(C)cc1C(=O)NCc1ncc[nH]1. The molecule has 90 valence electrons. The van der Waals surface area contributed by atoms with Crippen LogP contribution < -0.4 is 5.32 Å². The number of carbonyl (C=O) groups is 1. The van der Waals surface area contributed by atoms with Crippen molar-refractivity contribution in [2.75, 3.05) is 0 Å². The molecule has 0 aliphatic rings. The van der Waals surface area contributed by atoms with E-state index in [1.807, 2.05) is 13.8 Å². The first-order chi connectivity index (χ1) is 8.20. The van der Waals surface area contributed by atoms with Gasteiger partial charge < -0.3 is 10.3 Å². The molecule has 0 unspecified atom stereocenters. The molecule has 2 heterocycles. The Kier molecular flexibility index (Phi) is 3.22. The van der Waals surface area contributed by atoms with Crippen LogP contribution in [0.25, 0.3) is 0 Å². The quantitative estimate of drug-likeness (QED) is 0.822. The van der Waals surface area contributed by atoms with Crippen LogP contribution >= 0.6 is 0 Å². The van der Waals surface area contributed by atoms with Crippen LogP contribution in [0.5, 0.6) is 0 Å². The maximum atomic E-state index is 11.9. The topological polar surface area (TPSA) is 75.6 Å². The number of nitrogens with zero attached hydrogens (tertiary/aromatic N) is 3. The second-order valence-corrected chi connectivity index (χ2v) is 3.71. The number of aromatic amines is 1. The minimum Gasteiger partial charge on any atom is -0.347 e. The molecule has 6 heteroatoms. The highest BCUT2D eigenvalue weighted by Crippen LogP contribution is 2.03. The Labute approximate surface area is 99.1 Å². The molecule has 0 saturated carbocycles. The zero-order chi connectivity index (χ0) is 12.3. The summed E-state index contributed by atoms with van der Waals surface area (Å²) < 4.78 is 1.69. The molecule has 0 aliphatic heterocycles. The normalized spacial score (nSPS) is 10.5. The summed E-state index contributed by atoms with van der Waals surface area (Å²) in [5.74, 6) is 0.599. The van der Waals surface area contributed by atoms with Gasteiger partial charge in [0, 0.05) is 18.9 Å². The number of hydrogen-bond donors (Lipinski definition) is 2. The first-order valence-electron chi connectivity index (χ1n) is 5.51. The Bertz CT molecular complexity index is 500. The highest BCUT2D eigenvalue weighted by atomic mass is 16.2. The summed E-state index contributed by atoms with van der Waals surface area (Å²) in [6, 6.07) is 1.78. The van der Waals surface area contributed by atoms with Crippen LogP contribution in [0.3, 0.4) is 0 Å². The van der Waals surface area contributed by atoms with Crippen LogP contribution in [0.4, 0.5) is 0 Å². The molecule has 0 radical (unpaired) electrons.